The maximum atomic E-state index is 12.9. The minimum atomic E-state index is -0.124. The van der Waals surface area contributed by atoms with Gasteiger partial charge in [-0.25, -0.2) is 4.98 Å². The summed E-state index contributed by atoms with van der Waals surface area (Å²) < 4.78 is 6.73. The third kappa shape index (κ3) is 6.23. The molecule has 5 nitrogen and oxygen atoms in total. The number of para-hydroxylation sites is 1. The molecule has 156 valence electrons. The lowest BCUT2D eigenvalue weighted by Gasteiger charge is -2.22. The predicted octanol–water partition coefficient (Wildman–Crippen LogP) is 5.07. The average molecular weight is 472 g/mol. The molecule has 0 fully saturated rings. The highest BCUT2D eigenvalue weighted by molar-refractivity contribution is 7.98. The van der Waals surface area contributed by atoms with Gasteiger partial charge in [0.2, 0.25) is 0 Å². The largest absolute Gasteiger partial charge is 0.484 e. The number of thiazole rings is 1. The molecule has 0 aliphatic carbocycles. The summed E-state index contributed by atoms with van der Waals surface area (Å²) in [5, 5.41) is 1.33. The predicted molar refractivity (Wildman–Crippen MR) is 127 cm³/mol. The first-order valence-electron chi connectivity index (χ1n) is 8.75. The minimum absolute atomic E-state index is 0. The molecule has 9 heteroatoms. The zero-order valence-corrected chi connectivity index (χ0v) is 19.6. The highest BCUT2D eigenvalue weighted by Crippen LogP contribution is 2.34. The summed E-state index contributed by atoms with van der Waals surface area (Å²) in [6, 6.07) is 13.1. The van der Waals surface area contributed by atoms with E-state index in [2.05, 4.69) is 0 Å². The number of rotatable bonds is 8. The molecule has 0 bridgehead atoms. The van der Waals surface area contributed by atoms with Gasteiger partial charge in [0, 0.05) is 23.0 Å². The molecule has 2 aromatic carbocycles. The molecule has 0 atom stereocenters. The number of benzene rings is 2. The number of fused-ring (bicyclic) bond motifs is 1. The van der Waals surface area contributed by atoms with Gasteiger partial charge in [0.05, 0.1) is 10.2 Å². The van der Waals surface area contributed by atoms with Crippen molar-refractivity contribution in [1.29, 1.82) is 0 Å². The molecule has 0 spiro atoms. The van der Waals surface area contributed by atoms with Crippen molar-refractivity contribution in [2.24, 2.45) is 0 Å². The van der Waals surface area contributed by atoms with Crippen LogP contribution in [0.4, 0.5) is 5.13 Å². The van der Waals surface area contributed by atoms with E-state index in [0.29, 0.717) is 22.4 Å². The number of ether oxygens (including phenoxy) is 1. The number of amides is 1. The van der Waals surface area contributed by atoms with Crippen LogP contribution in [-0.2, 0) is 4.79 Å². The van der Waals surface area contributed by atoms with Crippen molar-refractivity contribution in [3.05, 3.63) is 47.5 Å². The van der Waals surface area contributed by atoms with Crippen LogP contribution in [0.5, 0.6) is 5.75 Å². The maximum Gasteiger partial charge on any atom is 0.266 e. The number of carbonyl (C=O) groups excluding carboxylic acids is 1. The zero-order chi connectivity index (χ0) is 20.1. The van der Waals surface area contributed by atoms with Crippen LogP contribution in [0.2, 0.25) is 5.02 Å². The van der Waals surface area contributed by atoms with Crippen LogP contribution >= 0.6 is 47.1 Å². The van der Waals surface area contributed by atoms with Gasteiger partial charge in [0.25, 0.3) is 5.91 Å². The van der Waals surface area contributed by atoms with Crippen LogP contribution in [0.3, 0.4) is 0 Å². The van der Waals surface area contributed by atoms with Crippen LogP contribution in [0, 0.1) is 0 Å². The van der Waals surface area contributed by atoms with Crippen molar-refractivity contribution in [3.63, 3.8) is 0 Å². The van der Waals surface area contributed by atoms with E-state index >= 15 is 0 Å². The second-order valence-electron chi connectivity index (χ2n) is 6.39. The summed E-state index contributed by atoms with van der Waals surface area (Å²) in [6.07, 6.45) is 2.03. The first-order chi connectivity index (χ1) is 13.5. The van der Waals surface area contributed by atoms with Crippen LogP contribution in [0.25, 0.3) is 10.2 Å². The molecule has 29 heavy (non-hydrogen) atoms. The van der Waals surface area contributed by atoms with Gasteiger partial charge in [-0.2, -0.15) is 0 Å². The van der Waals surface area contributed by atoms with Crippen LogP contribution < -0.4 is 9.64 Å². The van der Waals surface area contributed by atoms with E-state index < -0.39 is 0 Å². The summed E-state index contributed by atoms with van der Waals surface area (Å²) in [6.45, 7) is 1.22. The van der Waals surface area contributed by atoms with Gasteiger partial charge >= 0.3 is 0 Å². The Morgan fingerprint density at radius 3 is 2.55 bits per heavy atom. The number of hydrogen-bond acceptors (Lipinski definition) is 6. The van der Waals surface area contributed by atoms with Crippen molar-refractivity contribution in [3.8, 4) is 5.75 Å². The van der Waals surface area contributed by atoms with Crippen molar-refractivity contribution in [2.75, 3.05) is 44.9 Å². The minimum Gasteiger partial charge on any atom is -0.484 e. The molecule has 0 radical (unpaired) electrons. The number of anilines is 1. The quantitative estimate of drug-likeness (QED) is 0.429. The van der Waals surface area contributed by atoms with E-state index in [4.69, 9.17) is 21.3 Å². The summed E-state index contributed by atoms with van der Waals surface area (Å²) in [5.74, 6) is 0.487. The lowest BCUT2D eigenvalue weighted by molar-refractivity contribution is -0.120. The highest BCUT2D eigenvalue weighted by Gasteiger charge is 2.21. The highest BCUT2D eigenvalue weighted by atomic mass is 35.5. The second-order valence-corrected chi connectivity index (χ2v) is 8.69. The topological polar surface area (TPSA) is 45.7 Å². The number of thioether (sulfide) groups is 1. The van der Waals surface area contributed by atoms with Gasteiger partial charge in [-0.05, 0) is 56.7 Å². The van der Waals surface area contributed by atoms with E-state index in [-0.39, 0.29) is 24.9 Å². The number of nitrogens with zero attached hydrogens (tertiary/aromatic N) is 3. The van der Waals surface area contributed by atoms with E-state index in [9.17, 15) is 4.79 Å². The Morgan fingerprint density at radius 1 is 1.17 bits per heavy atom. The first kappa shape index (κ1) is 23.8. The number of likely N-dealkylation sites (N-methyl/N-ethyl adjacent to an activating group) is 1. The van der Waals surface area contributed by atoms with Gasteiger partial charge in [-0.1, -0.05) is 29.0 Å². The van der Waals surface area contributed by atoms with Crippen molar-refractivity contribution < 1.29 is 9.53 Å². The summed E-state index contributed by atoms with van der Waals surface area (Å²) in [7, 11) is 3.97. The van der Waals surface area contributed by atoms with Crippen LogP contribution in [-0.4, -0.2) is 55.8 Å². The van der Waals surface area contributed by atoms with E-state index in [1.165, 1.54) is 11.3 Å². The summed E-state index contributed by atoms with van der Waals surface area (Å²) >= 11 is 9.08. The molecule has 0 unspecified atom stereocenters. The number of hydrogen-bond donors (Lipinski definition) is 0. The Labute approximate surface area is 190 Å². The van der Waals surface area contributed by atoms with Crippen molar-refractivity contribution in [2.45, 2.75) is 4.90 Å². The molecule has 0 aliphatic rings. The van der Waals surface area contributed by atoms with Gasteiger partial charge < -0.3 is 9.64 Å². The zero-order valence-electron chi connectivity index (χ0n) is 16.4. The number of aromatic nitrogens is 1. The Hall–Kier alpha value is -1.51. The Kier molecular flexibility index (Phi) is 9.04. The lowest BCUT2D eigenvalue weighted by atomic mass is 10.3. The first-order valence-corrected chi connectivity index (χ1v) is 11.2. The molecule has 0 aliphatic heterocycles. The fourth-order valence-corrected chi connectivity index (χ4v) is 4.36. The molecular formula is C20H23Cl2N3O2S2. The molecule has 3 rings (SSSR count). The molecule has 1 aromatic heterocycles. The molecule has 0 N–H and O–H groups in total. The Balaban J connectivity index is 0.00000300. The van der Waals surface area contributed by atoms with Gasteiger partial charge in [0.1, 0.15) is 5.75 Å². The normalized spacial score (nSPS) is 10.8. The number of halogens is 2. The van der Waals surface area contributed by atoms with Crippen molar-refractivity contribution in [1.82, 2.24) is 9.88 Å². The van der Waals surface area contributed by atoms with E-state index in [0.717, 1.165) is 21.7 Å². The molecule has 3 aromatic rings. The fraction of sp³-hybridized carbons (Fsp3) is 0.300. The average Bonchev–Trinajstić information content (AvgIpc) is 3.11. The third-order valence-electron chi connectivity index (χ3n) is 4.07. The van der Waals surface area contributed by atoms with Gasteiger partial charge in [-0.3, -0.25) is 9.69 Å². The molecule has 0 saturated carbocycles. The summed E-state index contributed by atoms with van der Waals surface area (Å²) in [5.41, 5.74) is 0.941. The molecule has 0 saturated heterocycles. The van der Waals surface area contributed by atoms with Crippen LogP contribution in [0.1, 0.15) is 0 Å². The fourth-order valence-electron chi connectivity index (χ4n) is 2.57. The second kappa shape index (κ2) is 11.0. The standard InChI is InChI=1S/C20H22ClN3O2S2.ClH/c1-23(2)11-12-24(18(25)13-26-15-9-7-14(21)8-10-15)20-22-19-16(27-3)5-4-6-17(19)28-20;/h4-10H,11-13H2,1-3H3;1H. The third-order valence-corrected chi connectivity index (χ3v) is 6.13. The van der Waals surface area contributed by atoms with Crippen LogP contribution in [0.15, 0.2) is 47.4 Å². The molecular weight excluding hydrogens is 449 g/mol. The smallest absolute Gasteiger partial charge is 0.266 e. The van der Waals surface area contributed by atoms with Gasteiger partial charge in [-0.15, -0.1) is 24.2 Å². The SMILES string of the molecule is CSc1cccc2sc(N(CCN(C)C)C(=O)COc3ccc(Cl)cc3)nc12.Cl. The monoisotopic (exact) mass is 471 g/mol. The Morgan fingerprint density at radius 2 is 1.90 bits per heavy atom. The Bertz CT molecular complexity index is 949. The summed E-state index contributed by atoms with van der Waals surface area (Å²) in [4.78, 5) is 22.6. The molecule has 1 heterocycles. The lowest BCUT2D eigenvalue weighted by Crippen LogP contribution is -2.39. The molecule has 1 amide bonds. The van der Waals surface area contributed by atoms with Crippen molar-refractivity contribution >= 4 is 68.4 Å². The van der Waals surface area contributed by atoms with E-state index in [1.807, 2.05) is 43.5 Å². The van der Waals surface area contributed by atoms with Gasteiger partial charge in [0.15, 0.2) is 11.7 Å². The number of carbonyl (C=O) groups is 1. The van der Waals surface area contributed by atoms with E-state index in [1.54, 1.807) is 40.9 Å². The maximum absolute atomic E-state index is 12.9.